The number of hydrogen-bond donors (Lipinski definition) is 0. The maximum absolute atomic E-state index is 11.7. The van der Waals surface area contributed by atoms with E-state index in [1.165, 1.54) is 122 Å². The van der Waals surface area contributed by atoms with Gasteiger partial charge in [-0.15, -0.1) is 0 Å². The Hall–Kier alpha value is -0.530. The van der Waals surface area contributed by atoms with Crippen LogP contribution < -0.4 is 0 Å². The maximum Gasteiger partial charge on any atom is 0.305 e. The molecule has 0 N–H and O–H groups in total. The van der Waals surface area contributed by atoms with Crippen molar-refractivity contribution in [2.45, 2.75) is 162 Å². The molecule has 0 aromatic heterocycles. The molecule has 30 heavy (non-hydrogen) atoms. The van der Waals surface area contributed by atoms with Crippen LogP contribution in [0.2, 0.25) is 0 Å². The Morgan fingerprint density at radius 2 is 0.967 bits per heavy atom. The Morgan fingerprint density at radius 3 is 1.43 bits per heavy atom. The monoisotopic (exact) mass is 424 g/mol. The summed E-state index contributed by atoms with van der Waals surface area (Å²) in [4.78, 5) is 11.7. The zero-order valence-corrected chi connectivity index (χ0v) is 21.2. The molecule has 0 aromatic rings. The van der Waals surface area contributed by atoms with E-state index >= 15 is 0 Å². The van der Waals surface area contributed by atoms with Crippen molar-refractivity contribution in [3.05, 3.63) is 0 Å². The lowest BCUT2D eigenvalue weighted by atomic mass is 10.0. The molecule has 180 valence electrons. The molecule has 0 fully saturated rings. The molecule has 0 bridgehead atoms. The van der Waals surface area contributed by atoms with Gasteiger partial charge < -0.3 is 4.74 Å². The van der Waals surface area contributed by atoms with Gasteiger partial charge in [0.15, 0.2) is 0 Å². The smallest absolute Gasteiger partial charge is 0.305 e. The lowest BCUT2D eigenvalue weighted by Crippen LogP contribution is -2.05. The van der Waals surface area contributed by atoms with Gasteiger partial charge in [0.05, 0.1) is 6.61 Å². The van der Waals surface area contributed by atoms with Crippen LogP contribution in [0, 0.1) is 5.92 Å². The highest BCUT2D eigenvalue weighted by molar-refractivity contribution is 5.69. The molecule has 0 atom stereocenters. The first kappa shape index (κ1) is 29.5. The largest absolute Gasteiger partial charge is 0.466 e. The Kier molecular flexibility index (Phi) is 24.3. The molecule has 2 heteroatoms. The standard InChI is InChI=1S/C28H56O2/c1-4-5-6-7-15-19-22-25-28(29)30-26-23-20-17-14-12-10-8-9-11-13-16-18-21-24-27(2)3/h27H,4-26H2,1-3H3. The fraction of sp³-hybridized carbons (Fsp3) is 0.964. The van der Waals surface area contributed by atoms with Crippen LogP contribution >= 0.6 is 0 Å². The summed E-state index contributed by atoms with van der Waals surface area (Å²) in [6, 6.07) is 0. The minimum absolute atomic E-state index is 0.0171. The zero-order valence-electron chi connectivity index (χ0n) is 21.2. The van der Waals surface area contributed by atoms with Crippen molar-refractivity contribution in [2.75, 3.05) is 6.61 Å². The normalized spacial score (nSPS) is 11.3. The molecule has 0 heterocycles. The van der Waals surface area contributed by atoms with E-state index in [-0.39, 0.29) is 5.97 Å². The molecule has 0 aromatic carbocycles. The summed E-state index contributed by atoms with van der Waals surface area (Å²) < 4.78 is 5.37. The van der Waals surface area contributed by atoms with Gasteiger partial charge in [-0.25, -0.2) is 0 Å². The predicted octanol–water partition coefficient (Wildman–Crippen LogP) is 9.79. The summed E-state index contributed by atoms with van der Waals surface area (Å²) in [6.07, 6.45) is 28.5. The Balaban J connectivity index is 3.12. The predicted molar refractivity (Wildman–Crippen MR) is 133 cm³/mol. The molecular weight excluding hydrogens is 368 g/mol. The van der Waals surface area contributed by atoms with Crippen molar-refractivity contribution < 1.29 is 9.53 Å². The van der Waals surface area contributed by atoms with E-state index in [0.717, 1.165) is 18.8 Å². The lowest BCUT2D eigenvalue weighted by molar-refractivity contribution is -0.143. The van der Waals surface area contributed by atoms with Crippen molar-refractivity contribution in [3.8, 4) is 0 Å². The molecule has 0 aliphatic rings. The summed E-state index contributed by atoms with van der Waals surface area (Å²) in [5.74, 6) is 0.892. The fourth-order valence-electron chi connectivity index (χ4n) is 4.08. The molecule has 0 saturated heterocycles. The van der Waals surface area contributed by atoms with E-state index in [2.05, 4.69) is 20.8 Å². The summed E-state index contributed by atoms with van der Waals surface area (Å²) in [5, 5.41) is 0. The van der Waals surface area contributed by atoms with Crippen LogP contribution in [0.3, 0.4) is 0 Å². The van der Waals surface area contributed by atoms with Gasteiger partial charge in [-0.05, 0) is 18.8 Å². The third kappa shape index (κ3) is 25.5. The van der Waals surface area contributed by atoms with Gasteiger partial charge in [0.2, 0.25) is 0 Å². The highest BCUT2D eigenvalue weighted by Crippen LogP contribution is 2.14. The van der Waals surface area contributed by atoms with Crippen LogP contribution in [0.5, 0.6) is 0 Å². The second-order valence-electron chi connectivity index (χ2n) is 9.87. The molecule has 0 saturated carbocycles. The average molecular weight is 425 g/mol. The minimum Gasteiger partial charge on any atom is -0.466 e. The highest BCUT2D eigenvalue weighted by atomic mass is 16.5. The van der Waals surface area contributed by atoms with Crippen LogP contribution in [-0.2, 0) is 9.53 Å². The van der Waals surface area contributed by atoms with Crippen molar-refractivity contribution in [1.29, 1.82) is 0 Å². The molecule has 2 nitrogen and oxygen atoms in total. The Labute approximate surface area is 190 Å². The van der Waals surface area contributed by atoms with E-state index in [4.69, 9.17) is 4.74 Å². The summed E-state index contributed by atoms with van der Waals surface area (Å²) in [6.45, 7) is 7.53. The number of esters is 1. The van der Waals surface area contributed by atoms with E-state index < -0.39 is 0 Å². The Morgan fingerprint density at radius 1 is 0.567 bits per heavy atom. The average Bonchev–Trinajstić information content (AvgIpc) is 2.72. The van der Waals surface area contributed by atoms with Crippen molar-refractivity contribution >= 4 is 5.97 Å². The van der Waals surface area contributed by atoms with Gasteiger partial charge in [0.25, 0.3) is 0 Å². The summed E-state index contributed by atoms with van der Waals surface area (Å²) in [5.41, 5.74) is 0. The topological polar surface area (TPSA) is 26.3 Å². The second-order valence-corrected chi connectivity index (χ2v) is 9.87. The zero-order chi connectivity index (χ0) is 22.1. The second kappa shape index (κ2) is 24.7. The quantitative estimate of drug-likeness (QED) is 0.114. The number of unbranched alkanes of at least 4 members (excludes halogenated alkanes) is 18. The van der Waals surface area contributed by atoms with Crippen molar-refractivity contribution in [2.24, 2.45) is 5.92 Å². The minimum atomic E-state index is 0.0171. The molecule has 0 amide bonds. The third-order valence-corrected chi connectivity index (χ3v) is 6.17. The highest BCUT2D eigenvalue weighted by Gasteiger charge is 2.02. The molecule has 0 radical (unpaired) electrons. The van der Waals surface area contributed by atoms with Gasteiger partial charge in [-0.3, -0.25) is 4.79 Å². The van der Waals surface area contributed by atoms with Crippen LogP contribution in [0.1, 0.15) is 162 Å². The van der Waals surface area contributed by atoms with Crippen LogP contribution in [0.4, 0.5) is 0 Å². The number of rotatable bonds is 24. The molecule has 0 aliphatic carbocycles. The lowest BCUT2D eigenvalue weighted by Gasteiger charge is -2.06. The van der Waals surface area contributed by atoms with Gasteiger partial charge >= 0.3 is 5.97 Å². The maximum atomic E-state index is 11.7. The van der Waals surface area contributed by atoms with Gasteiger partial charge in [-0.1, -0.05) is 143 Å². The first-order valence-electron chi connectivity index (χ1n) is 13.8. The molecule has 0 spiro atoms. The van der Waals surface area contributed by atoms with E-state index in [0.29, 0.717) is 13.0 Å². The van der Waals surface area contributed by atoms with E-state index in [9.17, 15) is 4.79 Å². The summed E-state index contributed by atoms with van der Waals surface area (Å²) in [7, 11) is 0. The van der Waals surface area contributed by atoms with Gasteiger partial charge in [-0.2, -0.15) is 0 Å². The van der Waals surface area contributed by atoms with Crippen LogP contribution in [0.15, 0.2) is 0 Å². The summed E-state index contributed by atoms with van der Waals surface area (Å²) >= 11 is 0. The number of carbonyl (C=O) groups is 1. The van der Waals surface area contributed by atoms with Crippen LogP contribution in [-0.4, -0.2) is 12.6 Å². The van der Waals surface area contributed by atoms with Gasteiger partial charge in [0.1, 0.15) is 0 Å². The fourth-order valence-corrected chi connectivity index (χ4v) is 4.08. The number of hydrogen-bond acceptors (Lipinski definition) is 2. The van der Waals surface area contributed by atoms with E-state index in [1.54, 1.807) is 0 Å². The van der Waals surface area contributed by atoms with Crippen molar-refractivity contribution in [3.63, 3.8) is 0 Å². The number of ether oxygens (including phenoxy) is 1. The molecule has 0 unspecified atom stereocenters. The third-order valence-electron chi connectivity index (χ3n) is 6.17. The Bertz CT molecular complexity index is 338. The van der Waals surface area contributed by atoms with Gasteiger partial charge in [0, 0.05) is 6.42 Å². The molecule has 0 aliphatic heterocycles. The molecule has 0 rings (SSSR count). The first-order chi connectivity index (χ1) is 14.7. The first-order valence-corrected chi connectivity index (χ1v) is 13.8. The van der Waals surface area contributed by atoms with Crippen molar-refractivity contribution in [1.82, 2.24) is 0 Å². The number of carbonyl (C=O) groups excluding carboxylic acids is 1. The van der Waals surface area contributed by atoms with Crippen LogP contribution in [0.25, 0.3) is 0 Å². The molecular formula is C28H56O2. The van der Waals surface area contributed by atoms with E-state index in [1.807, 2.05) is 0 Å². The SMILES string of the molecule is CCCCCCCCCC(=O)OCCCCCCCCCCCCCCCC(C)C.